The van der Waals surface area contributed by atoms with E-state index < -0.39 is 0 Å². The minimum Gasteiger partial charge on any atom is -0.351 e. The molecule has 0 saturated heterocycles. The summed E-state index contributed by atoms with van der Waals surface area (Å²) in [5.41, 5.74) is 5.96. The highest BCUT2D eigenvalue weighted by Gasteiger charge is 2.03. The van der Waals surface area contributed by atoms with Gasteiger partial charge in [0.1, 0.15) is 0 Å². The van der Waals surface area contributed by atoms with Crippen LogP contribution in [0.15, 0.2) is 24.5 Å². The molecule has 0 aliphatic rings. The smallest absolute Gasteiger partial charge is 0.252 e. The molecule has 0 saturated carbocycles. The molecule has 1 aromatic rings. The Hall–Kier alpha value is -0.720. The second-order valence-corrected chi connectivity index (χ2v) is 5.63. The Morgan fingerprint density at radius 2 is 2.25 bits per heavy atom. The molecule has 0 radical (unpaired) electrons. The average molecular weight is 257 g/mol. The molecule has 16 heavy (non-hydrogen) atoms. The van der Waals surface area contributed by atoms with E-state index in [1.807, 2.05) is 0 Å². The van der Waals surface area contributed by atoms with Gasteiger partial charge in [-0.1, -0.05) is 21.6 Å². The lowest BCUT2D eigenvalue weighted by molar-refractivity contribution is 0.0956. The zero-order chi connectivity index (χ0) is 11.6. The van der Waals surface area contributed by atoms with Crippen molar-refractivity contribution in [2.45, 2.75) is 0 Å². The first-order valence-electron chi connectivity index (χ1n) is 4.97. The summed E-state index contributed by atoms with van der Waals surface area (Å²) in [5.74, 6) is 1.76. The summed E-state index contributed by atoms with van der Waals surface area (Å²) in [6.45, 7) is 1.36. The number of hydrogen-bond acceptors (Lipinski definition) is 5. The largest absolute Gasteiger partial charge is 0.351 e. The number of nitrogens with one attached hydrogen (secondary N) is 1. The van der Waals surface area contributed by atoms with Crippen LogP contribution in [-0.2, 0) is 0 Å². The molecular formula is C10H15N3OS2. The van der Waals surface area contributed by atoms with Crippen LogP contribution in [0.25, 0.3) is 0 Å². The maximum absolute atomic E-state index is 11.5. The van der Waals surface area contributed by atoms with Gasteiger partial charge in [0.25, 0.3) is 5.91 Å². The van der Waals surface area contributed by atoms with Crippen LogP contribution < -0.4 is 11.1 Å². The fourth-order valence-corrected chi connectivity index (χ4v) is 2.73. The molecule has 0 fully saturated rings. The van der Waals surface area contributed by atoms with Crippen LogP contribution in [0.4, 0.5) is 0 Å². The van der Waals surface area contributed by atoms with Crippen LogP contribution in [0.2, 0.25) is 0 Å². The van der Waals surface area contributed by atoms with Crippen LogP contribution in [0.1, 0.15) is 10.4 Å². The minimum atomic E-state index is -0.0717. The minimum absolute atomic E-state index is 0.0717. The summed E-state index contributed by atoms with van der Waals surface area (Å²) in [4.78, 5) is 15.4. The number of amides is 1. The molecule has 0 spiro atoms. The lowest BCUT2D eigenvalue weighted by Gasteiger charge is -2.03. The van der Waals surface area contributed by atoms with Crippen molar-refractivity contribution in [1.29, 1.82) is 0 Å². The van der Waals surface area contributed by atoms with Crippen molar-refractivity contribution in [2.24, 2.45) is 5.73 Å². The van der Waals surface area contributed by atoms with Gasteiger partial charge in [-0.05, 0) is 12.1 Å². The SMILES string of the molecule is NCCSSCCNC(=O)c1cccnc1. The summed E-state index contributed by atoms with van der Waals surface area (Å²) < 4.78 is 0. The first-order chi connectivity index (χ1) is 7.84. The zero-order valence-corrected chi connectivity index (χ0v) is 10.5. The molecule has 88 valence electrons. The highest BCUT2D eigenvalue weighted by molar-refractivity contribution is 8.76. The number of rotatable bonds is 7. The van der Waals surface area contributed by atoms with E-state index in [0.29, 0.717) is 18.7 Å². The van der Waals surface area contributed by atoms with Crippen molar-refractivity contribution in [3.63, 3.8) is 0 Å². The van der Waals surface area contributed by atoms with Crippen molar-refractivity contribution in [3.05, 3.63) is 30.1 Å². The van der Waals surface area contributed by atoms with Crippen molar-refractivity contribution < 1.29 is 4.79 Å². The molecule has 3 N–H and O–H groups in total. The quantitative estimate of drug-likeness (QED) is 0.566. The molecule has 0 aliphatic carbocycles. The van der Waals surface area contributed by atoms with Gasteiger partial charge in [-0.15, -0.1) is 0 Å². The van der Waals surface area contributed by atoms with Crippen LogP contribution in [0.5, 0.6) is 0 Å². The molecule has 6 heteroatoms. The number of nitrogens with zero attached hydrogens (tertiary/aromatic N) is 1. The van der Waals surface area contributed by atoms with E-state index >= 15 is 0 Å². The van der Waals surface area contributed by atoms with Gasteiger partial charge in [0.05, 0.1) is 5.56 Å². The predicted octanol–water partition coefficient (Wildman–Crippen LogP) is 1.15. The van der Waals surface area contributed by atoms with Crippen molar-refractivity contribution in [2.75, 3.05) is 24.6 Å². The van der Waals surface area contributed by atoms with E-state index in [2.05, 4.69) is 10.3 Å². The van der Waals surface area contributed by atoms with Crippen molar-refractivity contribution in [1.82, 2.24) is 10.3 Å². The normalized spacial score (nSPS) is 10.1. The molecular weight excluding hydrogens is 242 g/mol. The molecule has 1 rings (SSSR count). The Morgan fingerprint density at radius 1 is 1.44 bits per heavy atom. The molecule has 1 heterocycles. The second-order valence-electron chi connectivity index (χ2n) is 2.93. The van der Waals surface area contributed by atoms with Crippen LogP contribution in [0.3, 0.4) is 0 Å². The first-order valence-corrected chi connectivity index (χ1v) is 7.46. The molecule has 0 atom stereocenters. The fourth-order valence-electron chi connectivity index (χ4n) is 0.971. The highest BCUT2D eigenvalue weighted by atomic mass is 33.1. The van der Waals surface area contributed by atoms with Crippen LogP contribution in [-0.4, -0.2) is 35.5 Å². The van der Waals surface area contributed by atoms with E-state index in [1.165, 1.54) is 0 Å². The molecule has 0 unspecified atom stereocenters. The topological polar surface area (TPSA) is 68.0 Å². The third-order valence-electron chi connectivity index (χ3n) is 1.68. The Bertz CT molecular complexity index is 308. The van der Waals surface area contributed by atoms with Crippen molar-refractivity contribution >= 4 is 27.5 Å². The number of aromatic nitrogens is 1. The number of pyridine rings is 1. The maximum atomic E-state index is 11.5. The van der Waals surface area contributed by atoms with Gasteiger partial charge in [0, 0.05) is 37.0 Å². The van der Waals surface area contributed by atoms with Gasteiger partial charge in [-0.3, -0.25) is 9.78 Å². The van der Waals surface area contributed by atoms with E-state index in [0.717, 1.165) is 11.5 Å². The summed E-state index contributed by atoms with van der Waals surface area (Å²) in [6, 6.07) is 3.50. The monoisotopic (exact) mass is 257 g/mol. The molecule has 0 aliphatic heterocycles. The number of hydrogen-bond donors (Lipinski definition) is 2. The van der Waals surface area contributed by atoms with Gasteiger partial charge in [0.2, 0.25) is 0 Å². The third kappa shape index (κ3) is 5.39. The van der Waals surface area contributed by atoms with Gasteiger partial charge >= 0.3 is 0 Å². The molecule has 4 nitrogen and oxygen atoms in total. The van der Waals surface area contributed by atoms with E-state index in [9.17, 15) is 4.79 Å². The number of carbonyl (C=O) groups is 1. The fraction of sp³-hybridized carbons (Fsp3) is 0.400. The molecule has 1 amide bonds. The average Bonchev–Trinajstić information content (AvgIpc) is 2.34. The third-order valence-corrected chi connectivity index (χ3v) is 4.12. The van der Waals surface area contributed by atoms with Gasteiger partial charge in [0.15, 0.2) is 0 Å². The lowest BCUT2D eigenvalue weighted by atomic mass is 10.3. The van der Waals surface area contributed by atoms with Crippen LogP contribution in [0, 0.1) is 0 Å². The van der Waals surface area contributed by atoms with Crippen LogP contribution >= 0.6 is 21.6 Å². The maximum Gasteiger partial charge on any atom is 0.252 e. The summed E-state index contributed by atoms with van der Waals surface area (Å²) in [6.07, 6.45) is 3.21. The standard InChI is InChI=1S/C10H15N3OS2/c11-3-6-15-16-7-5-13-10(14)9-2-1-4-12-8-9/h1-2,4,8H,3,5-7,11H2,(H,13,14). The highest BCUT2D eigenvalue weighted by Crippen LogP contribution is 2.18. The predicted molar refractivity (Wildman–Crippen MR) is 70.5 cm³/mol. The molecule has 0 bridgehead atoms. The number of carbonyl (C=O) groups excluding carboxylic acids is 1. The van der Waals surface area contributed by atoms with E-state index in [-0.39, 0.29) is 5.91 Å². The molecule has 1 aromatic heterocycles. The number of nitrogens with two attached hydrogens (primary N) is 1. The zero-order valence-electron chi connectivity index (χ0n) is 8.89. The van der Waals surface area contributed by atoms with Gasteiger partial charge in [-0.25, -0.2) is 0 Å². The second kappa shape index (κ2) is 8.43. The summed E-state index contributed by atoms with van der Waals surface area (Å²) >= 11 is 0. The lowest BCUT2D eigenvalue weighted by Crippen LogP contribution is -2.25. The first kappa shape index (κ1) is 13.3. The Labute approximate surface area is 103 Å². The Morgan fingerprint density at radius 3 is 2.94 bits per heavy atom. The molecule has 0 aromatic carbocycles. The van der Waals surface area contributed by atoms with E-state index in [4.69, 9.17) is 5.73 Å². The summed E-state index contributed by atoms with van der Waals surface area (Å²) in [7, 11) is 3.45. The van der Waals surface area contributed by atoms with Gasteiger partial charge in [-0.2, -0.15) is 0 Å². The van der Waals surface area contributed by atoms with E-state index in [1.54, 1.807) is 46.1 Å². The Kier molecular flexibility index (Phi) is 7.03. The van der Waals surface area contributed by atoms with Crippen molar-refractivity contribution in [3.8, 4) is 0 Å². The summed E-state index contributed by atoms with van der Waals surface area (Å²) in [5, 5.41) is 2.83. The van der Waals surface area contributed by atoms with Gasteiger partial charge < -0.3 is 11.1 Å². The Balaban J connectivity index is 2.12.